The monoisotopic (exact) mass is 390 g/mol. The van der Waals surface area contributed by atoms with E-state index in [1.807, 2.05) is 36.4 Å². The maximum absolute atomic E-state index is 6.42. The molecule has 0 saturated carbocycles. The molecule has 0 aliphatic rings. The van der Waals surface area contributed by atoms with E-state index in [1.165, 1.54) is 26.9 Å². The summed E-state index contributed by atoms with van der Waals surface area (Å²) in [5, 5.41) is 7.78. The van der Waals surface area contributed by atoms with Crippen molar-refractivity contribution in [1.82, 2.24) is 9.97 Å². The summed E-state index contributed by atoms with van der Waals surface area (Å²) < 4.78 is 0. The Morgan fingerprint density at radius 2 is 1.31 bits per heavy atom. The molecule has 0 aliphatic carbocycles. The van der Waals surface area contributed by atoms with Gasteiger partial charge in [-0.2, -0.15) is 0 Å². The smallest absolute Gasteiger partial charge is 0.162 e. The van der Waals surface area contributed by atoms with Crippen molar-refractivity contribution < 1.29 is 0 Å². The van der Waals surface area contributed by atoms with Crippen LogP contribution in [0.15, 0.2) is 91.0 Å². The summed E-state index contributed by atoms with van der Waals surface area (Å²) in [6.07, 6.45) is 0. The molecule has 1 heterocycles. The van der Waals surface area contributed by atoms with Crippen molar-refractivity contribution in [3.05, 3.63) is 96.1 Å². The molecule has 5 aromatic carbocycles. The van der Waals surface area contributed by atoms with Gasteiger partial charge in [0.05, 0.1) is 5.69 Å². The molecular formula is C26H15ClN2. The van der Waals surface area contributed by atoms with Crippen LogP contribution in [0.2, 0.25) is 5.15 Å². The number of halogens is 1. The fourth-order valence-corrected chi connectivity index (χ4v) is 4.43. The van der Waals surface area contributed by atoms with Gasteiger partial charge in [-0.25, -0.2) is 9.97 Å². The van der Waals surface area contributed by atoms with Gasteiger partial charge in [0.2, 0.25) is 0 Å². The molecule has 0 saturated heterocycles. The SMILES string of the molecule is Clc1cc(-c2ccccc2)nc(-c2cc3cccc4ccc5cccc2c5c43)n1. The van der Waals surface area contributed by atoms with Crippen molar-refractivity contribution in [2.24, 2.45) is 0 Å². The van der Waals surface area contributed by atoms with Crippen molar-refractivity contribution in [2.75, 3.05) is 0 Å². The summed E-state index contributed by atoms with van der Waals surface area (Å²) >= 11 is 6.42. The van der Waals surface area contributed by atoms with Crippen molar-refractivity contribution in [3.63, 3.8) is 0 Å². The van der Waals surface area contributed by atoms with Crippen LogP contribution in [0.25, 0.3) is 55.0 Å². The summed E-state index contributed by atoms with van der Waals surface area (Å²) in [5.74, 6) is 0.648. The molecule has 0 bridgehead atoms. The van der Waals surface area contributed by atoms with Gasteiger partial charge in [-0.3, -0.25) is 0 Å². The number of benzene rings is 5. The maximum atomic E-state index is 6.42. The van der Waals surface area contributed by atoms with Gasteiger partial charge in [-0.15, -0.1) is 0 Å². The summed E-state index contributed by atoms with van der Waals surface area (Å²) in [7, 11) is 0. The molecule has 6 rings (SSSR count). The normalized spacial score (nSPS) is 11.6. The molecule has 29 heavy (non-hydrogen) atoms. The highest BCUT2D eigenvalue weighted by Gasteiger charge is 2.15. The van der Waals surface area contributed by atoms with Crippen LogP contribution in [-0.4, -0.2) is 9.97 Å². The van der Waals surface area contributed by atoms with E-state index in [0.29, 0.717) is 11.0 Å². The van der Waals surface area contributed by atoms with Crippen LogP contribution in [0.4, 0.5) is 0 Å². The standard InChI is InChI=1S/C26H15ClN2/c27-23-15-22(16-6-2-1-3-7-16)28-26(29-23)21-14-19-10-4-8-17-12-13-18-9-5-11-20(21)25(18)24(17)19/h1-15H. The second-order valence-electron chi connectivity index (χ2n) is 7.24. The Kier molecular flexibility index (Phi) is 3.56. The molecule has 0 unspecified atom stereocenters. The van der Waals surface area contributed by atoms with E-state index in [2.05, 4.69) is 59.6 Å². The third kappa shape index (κ3) is 2.57. The quantitative estimate of drug-likeness (QED) is 0.228. The molecule has 0 N–H and O–H groups in total. The van der Waals surface area contributed by atoms with E-state index in [1.54, 1.807) is 0 Å². The van der Waals surface area contributed by atoms with Crippen molar-refractivity contribution in [2.45, 2.75) is 0 Å². The molecule has 0 atom stereocenters. The third-order valence-corrected chi connectivity index (χ3v) is 5.71. The number of hydrogen-bond donors (Lipinski definition) is 0. The Morgan fingerprint density at radius 1 is 0.586 bits per heavy atom. The maximum Gasteiger partial charge on any atom is 0.162 e. The Labute approximate surface area is 172 Å². The molecule has 0 fully saturated rings. The first-order chi connectivity index (χ1) is 14.3. The number of aromatic nitrogens is 2. The van der Waals surface area contributed by atoms with Gasteiger partial charge in [-0.1, -0.05) is 90.5 Å². The molecule has 3 heteroatoms. The van der Waals surface area contributed by atoms with Crippen LogP contribution in [0, 0.1) is 0 Å². The Morgan fingerprint density at radius 3 is 2.14 bits per heavy atom. The van der Waals surface area contributed by atoms with E-state index < -0.39 is 0 Å². The lowest BCUT2D eigenvalue weighted by Gasteiger charge is -2.14. The zero-order valence-corrected chi connectivity index (χ0v) is 16.2. The average molecular weight is 391 g/mol. The average Bonchev–Trinajstić information content (AvgIpc) is 2.77. The van der Waals surface area contributed by atoms with Gasteiger partial charge in [0, 0.05) is 17.2 Å². The summed E-state index contributed by atoms with van der Waals surface area (Å²) in [5.41, 5.74) is 2.85. The summed E-state index contributed by atoms with van der Waals surface area (Å²) in [6.45, 7) is 0. The molecule has 6 aromatic rings. The minimum atomic E-state index is 0.444. The highest BCUT2D eigenvalue weighted by molar-refractivity contribution is 6.30. The lowest BCUT2D eigenvalue weighted by atomic mass is 9.91. The molecule has 2 nitrogen and oxygen atoms in total. The van der Waals surface area contributed by atoms with Crippen LogP contribution in [0.3, 0.4) is 0 Å². The molecule has 0 spiro atoms. The second-order valence-corrected chi connectivity index (χ2v) is 7.63. The Hall–Kier alpha value is -3.49. The first-order valence-corrected chi connectivity index (χ1v) is 9.93. The van der Waals surface area contributed by atoms with E-state index in [9.17, 15) is 0 Å². The van der Waals surface area contributed by atoms with Crippen LogP contribution in [0.1, 0.15) is 0 Å². The molecule has 0 amide bonds. The summed E-state index contributed by atoms with van der Waals surface area (Å²) in [4.78, 5) is 9.48. The number of rotatable bonds is 2. The minimum Gasteiger partial charge on any atom is -0.228 e. The van der Waals surface area contributed by atoms with Crippen LogP contribution in [-0.2, 0) is 0 Å². The zero-order chi connectivity index (χ0) is 19.4. The molecule has 0 aliphatic heterocycles. The third-order valence-electron chi connectivity index (χ3n) is 5.51. The fraction of sp³-hybridized carbons (Fsp3) is 0. The van der Waals surface area contributed by atoms with Crippen LogP contribution >= 0.6 is 11.6 Å². The molecular weight excluding hydrogens is 376 g/mol. The minimum absolute atomic E-state index is 0.444. The lowest BCUT2D eigenvalue weighted by Crippen LogP contribution is -1.95. The lowest BCUT2D eigenvalue weighted by molar-refractivity contribution is 1.18. The van der Waals surface area contributed by atoms with Gasteiger partial charge in [-0.05, 0) is 38.4 Å². The molecule has 1 aromatic heterocycles. The van der Waals surface area contributed by atoms with E-state index in [4.69, 9.17) is 16.6 Å². The molecule has 136 valence electrons. The van der Waals surface area contributed by atoms with Crippen LogP contribution in [0.5, 0.6) is 0 Å². The van der Waals surface area contributed by atoms with Gasteiger partial charge in [0.25, 0.3) is 0 Å². The topological polar surface area (TPSA) is 25.8 Å². The number of nitrogens with zero attached hydrogens (tertiary/aromatic N) is 2. The highest BCUT2D eigenvalue weighted by Crippen LogP contribution is 2.39. The van der Waals surface area contributed by atoms with Crippen LogP contribution < -0.4 is 0 Å². The van der Waals surface area contributed by atoms with E-state index in [0.717, 1.165) is 22.2 Å². The van der Waals surface area contributed by atoms with Gasteiger partial charge >= 0.3 is 0 Å². The fourth-order valence-electron chi connectivity index (χ4n) is 4.24. The van der Waals surface area contributed by atoms with Crippen molar-refractivity contribution >= 4 is 43.9 Å². The first-order valence-electron chi connectivity index (χ1n) is 9.55. The van der Waals surface area contributed by atoms with E-state index in [-0.39, 0.29) is 0 Å². The van der Waals surface area contributed by atoms with E-state index >= 15 is 0 Å². The Bertz CT molecular complexity index is 1510. The first kappa shape index (κ1) is 16.5. The Balaban J connectivity index is 1.71. The molecule has 0 radical (unpaired) electrons. The predicted molar refractivity (Wildman–Crippen MR) is 122 cm³/mol. The van der Waals surface area contributed by atoms with Gasteiger partial charge in [0.1, 0.15) is 5.15 Å². The highest BCUT2D eigenvalue weighted by atomic mass is 35.5. The van der Waals surface area contributed by atoms with Gasteiger partial charge in [0.15, 0.2) is 5.82 Å². The second kappa shape index (κ2) is 6.26. The van der Waals surface area contributed by atoms with Crippen molar-refractivity contribution in [3.8, 4) is 22.6 Å². The zero-order valence-electron chi connectivity index (χ0n) is 15.4. The largest absolute Gasteiger partial charge is 0.228 e. The number of hydrogen-bond acceptors (Lipinski definition) is 2. The van der Waals surface area contributed by atoms with Crippen molar-refractivity contribution in [1.29, 1.82) is 0 Å². The summed E-state index contributed by atoms with van der Waals surface area (Å²) in [6, 6.07) is 31.3. The van der Waals surface area contributed by atoms with Gasteiger partial charge < -0.3 is 0 Å². The predicted octanol–water partition coefficient (Wildman–Crippen LogP) is 7.36.